The van der Waals surface area contributed by atoms with Crippen molar-refractivity contribution >= 4 is 39.5 Å². The van der Waals surface area contributed by atoms with E-state index in [0.29, 0.717) is 5.92 Å². The molecule has 5 rings (SSSR count). The van der Waals surface area contributed by atoms with Gasteiger partial charge < -0.3 is 0 Å². The summed E-state index contributed by atoms with van der Waals surface area (Å²) in [5.41, 5.74) is 4.16. The molecule has 2 heterocycles. The first kappa shape index (κ1) is 13.3. The van der Waals surface area contributed by atoms with Crippen molar-refractivity contribution < 1.29 is 0 Å². The van der Waals surface area contributed by atoms with E-state index in [0.717, 1.165) is 0 Å². The summed E-state index contributed by atoms with van der Waals surface area (Å²) in [5, 5.41) is 7.21. The van der Waals surface area contributed by atoms with Crippen LogP contribution >= 0.6 is 22.7 Å². The van der Waals surface area contributed by atoms with Crippen LogP contribution in [0, 0.1) is 0 Å². The molecule has 0 aliphatic heterocycles. The Kier molecular flexibility index (Phi) is 3.00. The minimum absolute atomic E-state index is 0.360. The van der Waals surface area contributed by atoms with Crippen LogP contribution in [0.5, 0.6) is 0 Å². The SMILES string of the molecule is C1=CC(c2csc(-c3cccs3)c2)c2cccc3cccc1c23. The Balaban J connectivity index is 1.66. The number of hydrogen-bond donors (Lipinski definition) is 0. The van der Waals surface area contributed by atoms with Gasteiger partial charge in [0.15, 0.2) is 0 Å². The van der Waals surface area contributed by atoms with Crippen molar-refractivity contribution in [1.82, 2.24) is 0 Å². The minimum Gasteiger partial charge on any atom is -0.143 e. The van der Waals surface area contributed by atoms with Crippen molar-refractivity contribution in [1.29, 1.82) is 0 Å². The summed E-state index contributed by atoms with van der Waals surface area (Å²) >= 11 is 3.66. The molecule has 0 spiro atoms. The Labute approximate surface area is 143 Å². The molecule has 0 saturated carbocycles. The molecular formula is C21H14S2. The van der Waals surface area contributed by atoms with E-state index >= 15 is 0 Å². The van der Waals surface area contributed by atoms with Crippen LogP contribution in [-0.2, 0) is 0 Å². The molecule has 0 radical (unpaired) electrons. The van der Waals surface area contributed by atoms with Gasteiger partial charge >= 0.3 is 0 Å². The van der Waals surface area contributed by atoms with Gasteiger partial charge in [-0.05, 0) is 50.4 Å². The first-order chi connectivity index (χ1) is 11.4. The fourth-order valence-electron chi connectivity index (χ4n) is 3.45. The summed E-state index contributed by atoms with van der Waals surface area (Å²) in [6, 6.07) is 19.9. The molecule has 1 unspecified atom stereocenters. The Morgan fingerprint density at radius 1 is 0.826 bits per heavy atom. The van der Waals surface area contributed by atoms with E-state index in [2.05, 4.69) is 77.5 Å². The molecule has 0 bridgehead atoms. The van der Waals surface area contributed by atoms with Crippen LogP contribution in [0.3, 0.4) is 0 Å². The van der Waals surface area contributed by atoms with Crippen molar-refractivity contribution in [2.24, 2.45) is 0 Å². The van der Waals surface area contributed by atoms with E-state index < -0.39 is 0 Å². The first-order valence-corrected chi connectivity index (χ1v) is 9.48. The zero-order valence-corrected chi connectivity index (χ0v) is 14.0. The van der Waals surface area contributed by atoms with Gasteiger partial charge in [-0.25, -0.2) is 0 Å². The third-order valence-corrected chi connectivity index (χ3v) is 6.53. The number of benzene rings is 2. The fourth-order valence-corrected chi connectivity index (χ4v) is 5.24. The first-order valence-electron chi connectivity index (χ1n) is 7.72. The van der Waals surface area contributed by atoms with Crippen molar-refractivity contribution in [3.8, 4) is 9.75 Å². The summed E-state index contributed by atoms with van der Waals surface area (Å²) in [7, 11) is 0. The summed E-state index contributed by atoms with van der Waals surface area (Å²) < 4.78 is 0. The van der Waals surface area contributed by atoms with Gasteiger partial charge in [-0.2, -0.15) is 0 Å². The number of allylic oxidation sites excluding steroid dienone is 1. The van der Waals surface area contributed by atoms with Crippen LogP contribution in [0.4, 0.5) is 0 Å². The second-order valence-electron chi connectivity index (χ2n) is 5.85. The lowest BCUT2D eigenvalue weighted by Crippen LogP contribution is -2.02. The van der Waals surface area contributed by atoms with Crippen LogP contribution in [0.15, 0.2) is 71.4 Å². The number of hydrogen-bond acceptors (Lipinski definition) is 2. The predicted molar refractivity (Wildman–Crippen MR) is 102 cm³/mol. The van der Waals surface area contributed by atoms with E-state index in [9.17, 15) is 0 Å². The Morgan fingerprint density at radius 3 is 2.61 bits per heavy atom. The maximum absolute atomic E-state index is 2.36. The quantitative estimate of drug-likeness (QED) is 0.379. The molecule has 0 saturated heterocycles. The highest BCUT2D eigenvalue weighted by molar-refractivity contribution is 7.20. The van der Waals surface area contributed by atoms with Crippen LogP contribution in [0.1, 0.15) is 22.6 Å². The third-order valence-electron chi connectivity index (χ3n) is 4.52. The molecule has 2 aromatic heterocycles. The molecule has 1 aliphatic carbocycles. The number of rotatable bonds is 2. The summed E-state index contributed by atoms with van der Waals surface area (Å²) in [4.78, 5) is 2.73. The fraction of sp³-hybridized carbons (Fsp3) is 0.0476. The van der Waals surface area contributed by atoms with E-state index in [1.165, 1.54) is 37.2 Å². The zero-order chi connectivity index (χ0) is 15.2. The highest BCUT2D eigenvalue weighted by Gasteiger charge is 2.20. The second-order valence-corrected chi connectivity index (χ2v) is 7.71. The predicted octanol–water partition coefficient (Wildman–Crippen LogP) is 6.79. The molecule has 4 aromatic rings. The lowest BCUT2D eigenvalue weighted by Gasteiger charge is -2.20. The van der Waals surface area contributed by atoms with Gasteiger partial charge in [-0.15, -0.1) is 22.7 Å². The average molecular weight is 330 g/mol. The van der Waals surface area contributed by atoms with Gasteiger partial charge in [0.1, 0.15) is 0 Å². The molecule has 0 nitrogen and oxygen atoms in total. The van der Waals surface area contributed by atoms with E-state index in [4.69, 9.17) is 0 Å². The van der Waals surface area contributed by atoms with Crippen molar-refractivity contribution in [2.75, 3.05) is 0 Å². The smallest absolute Gasteiger partial charge is 0.0445 e. The average Bonchev–Trinajstić information content (AvgIpc) is 3.27. The summed E-state index contributed by atoms with van der Waals surface area (Å²) in [5.74, 6) is 0.360. The zero-order valence-electron chi connectivity index (χ0n) is 12.4. The molecule has 0 N–H and O–H groups in total. The molecule has 1 aliphatic rings. The molecule has 23 heavy (non-hydrogen) atoms. The molecule has 2 aromatic carbocycles. The van der Waals surface area contributed by atoms with Crippen LogP contribution in [-0.4, -0.2) is 0 Å². The largest absolute Gasteiger partial charge is 0.143 e. The Bertz CT molecular complexity index is 1010. The molecule has 0 amide bonds. The standard InChI is InChI=1S/C21H14S2/c1-4-14-6-2-7-18-17(10-9-15(5-1)21(14)18)16-12-20(23-13-16)19-8-3-11-22-19/h1-13,17H. The van der Waals surface area contributed by atoms with Gasteiger partial charge in [-0.1, -0.05) is 54.6 Å². The summed E-state index contributed by atoms with van der Waals surface area (Å²) in [6.45, 7) is 0. The van der Waals surface area contributed by atoms with Gasteiger partial charge in [-0.3, -0.25) is 0 Å². The maximum atomic E-state index is 2.36. The van der Waals surface area contributed by atoms with E-state index in [-0.39, 0.29) is 0 Å². The molecule has 0 fully saturated rings. The topological polar surface area (TPSA) is 0 Å². The second kappa shape index (κ2) is 5.19. The van der Waals surface area contributed by atoms with Crippen molar-refractivity contribution in [3.63, 3.8) is 0 Å². The van der Waals surface area contributed by atoms with Crippen LogP contribution in [0.25, 0.3) is 26.6 Å². The van der Waals surface area contributed by atoms with Crippen molar-refractivity contribution in [2.45, 2.75) is 5.92 Å². The van der Waals surface area contributed by atoms with Gasteiger partial charge in [0.2, 0.25) is 0 Å². The third kappa shape index (κ3) is 2.10. The van der Waals surface area contributed by atoms with E-state index in [1.54, 1.807) is 0 Å². The number of thiophene rings is 2. The van der Waals surface area contributed by atoms with Crippen LogP contribution in [0.2, 0.25) is 0 Å². The van der Waals surface area contributed by atoms with Gasteiger partial charge in [0.25, 0.3) is 0 Å². The molecular weight excluding hydrogens is 316 g/mol. The highest BCUT2D eigenvalue weighted by atomic mass is 32.1. The lowest BCUT2D eigenvalue weighted by atomic mass is 9.83. The maximum Gasteiger partial charge on any atom is 0.0445 e. The van der Waals surface area contributed by atoms with Crippen molar-refractivity contribution in [3.05, 3.63) is 88.1 Å². The normalized spacial score (nSPS) is 16.1. The highest BCUT2D eigenvalue weighted by Crippen LogP contribution is 2.41. The van der Waals surface area contributed by atoms with E-state index in [1.807, 2.05) is 22.7 Å². The molecule has 2 heteroatoms. The minimum atomic E-state index is 0.360. The molecule has 1 atom stereocenters. The Morgan fingerprint density at radius 2 is 1.74 bits per heavy atom. The molecule has 110 valence electrons. The summed E-state index contributed by atoms with van der Waals surface area (Å²) in [6.07, 6.45) is 4.62. The Hall–Kier alpha value is -2.16. The van der Waals surface area contributed by atoms with Gasteiger partial charge in [0, 0.05) is 15.7 Å². The lowest BCUT2D eigenvalue weighted by molar-refractivity contribution is 1.05. The van der Waals surface area contributed by atoms with Gasteiger partial charge in [0.05, 0.1) is 0 Å². The van der Waals surface area contributed by atoms with Crippen LogP contribution < -0.4 is 0 Å². The monoisotopic (exact) mass is 330 g/mol.